The van der Waals surface area contributed by atoms with Gasteiger partial charge >= 0.3 is 0 Å². The lowest BCUT2D eigenvalue weighted by Gasteiger charge is -2.12. The summed E-state index contributed by atoms with van der Waals surface area (Å²) in [6, 6.07) is 20.1. The van der Waals surface area contributed by atoms with Crippen LogP contribution in [0.4, 0.5) is 17.1 Å². The van der Waals surface area contributed by atoms with Gasteiger partial charge in [-0.05, 0) is 48.5 Å². The van der Waals surface area contributed by atoms with E-state index < -0.39 is 0 Å². The van der Waals surface area contributed by atoms with Crippen molar-refractivity contribution in [1.29, 1.82) is 0 Å². The Morgan fingerprint density at radius 2 is 1.36 bits per heavy atom. The van der Waals surface area contributed by atoms with Gasteiger partial charge in [0.25, 0.3) is 5.91 Å². The lowest BCUT2D eigenvalue weighted by atomic mass is 10.1. The van der Waals surface area contributed by atoms with Crippen LogP contribution in [0, 0.1) is 0 Å². The maximum Gasteiger partial charge on any atom is 0.255 e. The van der Waals surface area contributed by atoms with Crippen molar-refractivity contribution in [2.24, 2.45) is 0 Å². The van der Waals surface area contributed by atoms with Gasteiger partial charge in [0.05, 0.1) is 27.0 Å². The van der Waals surface area contributed by atoms with Crippen molar-refractivity contribution in [3.05, 3.63) is 72.3 Å². The second kappa shape index (κ2) is 8.81. The molecule has 0 saturated carbocycles. The molecular formula is C22H22N2O4. The first-order chi connectivity index (χ1) is 13.6. The highest BCUT2D eigenvalue weighted by Crippen LogP contribution is 2.28. The predicted octanol–water partition coefficient (Wildman–Crippen LogP) is 4.71. The molecule has 6 heteroatoms. The molecule has 28 heavy (non-hydrogen) atoms. The molecule has 144 valence electrons. The molecule has 1 amide bonds. The van der Waals surface area contributed by atoms with Gasteiger partial charge in [-0.2, -0.15) is 0 Å². The van der Waals surface area contributed by atoms with E-state index in [0.29, 0.717) is 22.7 Å². The molecule has 3 aromatic carbocycles. The highest BCUT2D eigenvalue weighted by molar-refractivity contribution is 6.04. The van der Waals surface area contributed by atoms with Crippen LogP contribution in [-0.4, -0.2) is 27.2 Å². The third kappa shape index (κ3) is 4.54. The van der Waals surface area contributed by atoms with Gasteiger partial charge in [0.2, 0.25) is 0 Å². The van der Waals surface area contributed by atoms with Crippen molar-refractivity contribution < 1.29 is 19.0 Å². The maximum atomic E-state index is 12.6. The van der Waals surface area contributed by atoms with Crippen LogP contribution in [0.25, 0.3) is 0 Å². The SMILES string of the molecule is COc1cc(OC)cc(C(=O)Nc2ccc(Nc3ccccc3OC)cc2)c1. The number of carbonyl (C=O) groups excluding carboxylic acids is 1. The van der Waals surface area contributed by atoms with Crippen LogP contribution in [0.1, 0.15) is 10.4 Å². The van der Waals surface area contributed by atoms with E-state index in [1.165, 1.54) is 0 Å². The van der Waals surface area contributed by atoms with Gasteiger partial charge in [-0.15, -0.1) is 0 Å². The van der Waals surface area contributed by atoms with Crippen LogP contribution in [-0.2, 0) is 0 Å². The summed E-state index contributed by atoms with van der Waals surface area (Å²) in [5.41, 5.74) is 2.88. The van der Waals surface area contributed by atoms with Crippen LogP contribution in [0.5, 0.6) is 17.2 Å². The van der Waals surface area contributed by atoms with Crippen molar-refractivity contribution in [3.8, 4) is 17.2 Å². The summed E-state index contributed by atoms with van der Waals surface area (Å²) < 4.78 is 15.8. The number of carbonyl (C=O) groups is 1. The monoisotopic (exact) mass is 378 g/mol. The molecule has 0 aliphatic rings. The molecule has 0 heterocycles. The zero-order chi connectivity index (χ0) is 19.9. The molecule has 0 bridgehead atoms. The standard InChI is InChI=1S/C22H22N2O4/c1-26-18-12-15(13-19(14-18)27-2)22(25)24-17-10-8-16(9-11-17)23-20-6-4-5-7-21(20)28-3/h4-14,23H,1-3H3,(H,24,25). The van der Waals surface area contributed by atoms with Crippen LogP contribution in [0.15, 0.2) is 66.7 Å². The molecule has 2 N–H and O–H groups in total. The van der Waals surface area contributed by atoms with Crippen molar-refractivity contribution in [3.63, 3.8) is 0 Å². The van der Waals surface area contributed by atoms with Gasteiger partial charge in [0, 0.05) is 23.0 Å². The highest BCUT2D eigenvalue weighted by atomic mass is 16.5. The Hall–Kier alpha value is -3.67. The van der Waals surface area contributed by atoms with E-state index in [-0.39, 0.29) is 5.91 Å². The van der Waals surface area contributed by atoms with E-state index in [4.69, 9.17) is 14.2 Å². The number of para-hydroxylation sites is 2. The van der Waals surface area contributed by atoms with Crippen molar-refractivity contribution in [2.75, 3.05) is 32.0 Å². The molecule has 0 aliphatic heterocycles. The van der Waals surface area contributed by atoms with Gasteiger partial charge in [0.1, 0.15) is 17.2 Å². The maximum absolute atomic E-state index is 12.6. The van der Waals surface area contributed by atoms with Gasteiger partial charge in [0.15, 0.2) is 0 Å². The fourth-order valence-electron chi connectivity index (χ4n) is 2.68. The smallest absolute Gasteiger partial charge is 0.255 e. The first-order valence-electron chi connectivity index (χ1n) is 8.67. The third-order valence-corrected chi connectivity index (χ3v) is 4.14. The lowest BCUT2D eigenvalue weighted by Crippen LogP contribution is -2.12. The Labute approximate surface area is 164 Å². The van der Waals surface area contributed by atoms with Crippen molar-refractivity contribution in [2.45, 2.75) is 0 Å². The fourth-order valence-corrected chi connectivity index (χ4v) is 2.68. The van der Waals surface area contributed by atoms with Gasteiger partial charge < -0.3 is 24.8 Å². The number of benzene rings is 3. The van der Waals surface area contributed by atoms with Crippen LogP contribution in [0.2, 0.25) is 0 Å². The number of nitrogens with one attached hydrogen (secondary N) is 2. The second-order valence-corrected chi connectivity index (χ2v) is 5.96. The zero-order valence-corrected chi connectivity index (χ0v) is 16.0. The van der Waals surface area contributed by atoms with E-state index in [9.17, 15) is 4.79 Å². The fraction of sp³-hybridized carbons (Fsp3) is 0.136. The minimum Gasteiger partial charge on any atom is -0.497 e. The summed E-state index contributed by atoms with van der Waals surface area (Å²) in [7, 11) is 4.72. The van der Waals surface area contributed by atoms with E-state index in [2.05, 4.69) is 10.6 Å². The number of methoxy groups -OCH3 is 3. The van der Waals surface area contributed by atoms with E-state index in [0.717, 1.165) is 17.1 Å². The molecule has 0 atom stereocenters. The van der Waals surface area contributed by atoms with Crippen LogP contribution < -0.4 is 24.8 Å². The predicted molar refractivity (Wildman–Crippen MR) is 110 cm³/mol. The quantitative estimate of drug-likeness (QED) is 0.623. The van der Waals surface area contributed by atoms with Crippen LogP contribution in [0.3, 0.4) is 0 Å². The molecule has 0 radical (unpaired) electrons. The number of rotatable bonds is 7. The Morgan fingerprint density at radius 1 is 0.750 bits per heavy atom. The van der Waals surface area contributed by atoms with Crippen molar-refractivity contribution in [1.82, 2.24) is 0 Å². The third-order valence-electron chi connectivity index (χ3n) is 4.14. The summed E-state index contributed by atoms with van der Waals surface area (Å²) in [4.78, 5) is 12.6. The normalized spacial score (nSPS) is 10.1. The summed E-state index contributed by atoms with van der Waals surface area (Å²) in [5, 5.41) is 6.17. The number of amides is 1. The number of anilines is 3. The minimum absolute atomic E-state index is 0.248. The molecule has 0 spiro atoms. The molecule has 0 aliphatic carbocycles. The molecule has 0 unspecified atom stereocenters. The Balaban J connectivity index is 1.71. The van der Waals surface area contributed by atoms with Gasteiger partial charge in [-0.1, -0.05) is 12.1 Å². The topological polar surface area (TPSA) is 68.8 Å². The second-order valence-electron chi connectivity index (χ2n) is 5.96. The summed E-state index contributed by atoms with van der Waals surface area (Å²) >= 11 is 0. The Bertz CT molecular complexity index is 933. The minimum atomic E-state index is -0.248. The molecule has 0 fully saturated rings. The molecule has 3 rings (SSSR count). The molecule has 6 nitrogen and oxygen atoms in total. The lowest BCUT2D eigenvalue weighted by molar-refractivity contribution is 0.102. The summed E-state index contributed by atoms with van der Waals surface area (Å²) in [5.74, 6) is 1.62. The Kier molecular flexibility index (Phi) is 6.01. The number of ether oxygens (including phenoxy) is 3. The average molecular weight is 378 g/mol. The molecular weight excluding hydrogens is 356 g/mol. The first-order valence-corrected chi connectivity index (χ1v) is 8.67. The zero-order valence-electron chi connectivity index (χ0n) is 16.0. The van der Waals surface area contributed by atoms with Crippen LogP contribution >= 0.6 is 0 Å². The molecule has 3 aromatic rings. The highest BCUT2D eigenvalue weighted by Gasteiger charge is 2.10. The first kappa shape index (κ1) is 19.1. The number of hydrogen-bond acceptors (Lipinski definition) is 5. The summed E-state index contributed by atoms with van der Waals surface area (Å²) in [6.07, 6.45) is 0. The largest absolute Gasteiger partial charge is 0.497 e. The Morgan fingerprint density at radius 3 is 1.96 bits per heavy atom. The number of hydrogen-bond donors (Lipinski definition) is 2. The van der Waals surface area contributed by atoms with Crippen molar-refractivity contribution >= 4 is 23.0 Å². The van der Waals surface area contributed by atoms with E-state index >= 15 is 0 Å². The van der Waals surface area contributed by atoms with E-state index in [1.54, 1.807) is 39.5 Å². The summed E-state index contributed by atoms with van der Waals surface area (Å²) in [6.45, 7) is 0. The van der Waals surface area contributed by atoms with Gasteiger partial charge in [-0.25, -0.2) is 0 Å². The van der Waals surface area contributed by atoms with E-state index in [1.807, 2.05) is 48.5 Å². The molecule has 0 aromatic heterocycles. The molecule has 0 saturated heterocycles. The average Bonchev–Trinajstić information content (AvgIpc) is 2.75. The van der Waals surface area contributed by atoms with Gasteiger partial charge in [-0.3, -0.25) is 4.79 Å².